The zero-order valence-electron chi connectivity index (χ0n) is 13.9. The maximum atomic E-state index is 5.84. The van der Waals surface area contributed by atoms with Gasteiger partial charge in [-0.2, -0.15) is 0 Å². The molecule has 0 aliphatic carbocycles. The van der Waals surface area contributed by atoms with E-state index in [-0.39, 0.29) is 12.1 Å². The summed E-state index contributed by atoms with van der Waals surface area (Å²) in [5.74, 6) is 1.59. The molecule has 0 saturated carbocycles. The van der Waals surface area contributed by atoms with Gasteiger partial charge >= 0.3 is 0 Å². The standard InChI is InChI=1S/C17H29NO3/c1-6-14(19-7-2)17(18-5)13-10-11-15(20-8-3)16(12-13)21-9-4/h10-12,14,17-18H,6-9H2,1-5H3. The van der Waals surface area contributed by atoms with Crippen molar-refractivity contribution in [2.45, 2.75) is 46.3 Å². The Morgan fingerprint density at radius 2 is 1.62 bits per heavy atom. The Morgan fingerprint density at radius 1 is 0.952 bits per heavy atom. The van der Waals surface area contributed by atoms with Crippen LogP contribution in [0.4, 0.5) is 0 Å². The zero-order chi connectivity index (χ0) is 15.7. The molecule has 0 aromatic heterocycles. The highest BCUT2D eigenvalue weighted by Crippen LogP contribution is 2.32. The van der Waals surface area contributed by atoms with Gasteiger partial charge in [0.05, 0.1) is 25.4 Å². The van der Waals surface area contributed by atoms with Crippen molar-refractivity contribution in [3.63, 3.8) is 0 Å². The second kappa shape index (κ2) is 9.64. The lowest BCUT2D eigenvalue weighted by Gasteiger charge is -2.27. The van der Waals surface area contributed by atoms with Crippen LogP contribution < -0.4 is 14.8 Å². The molecule has 0 fully saturated rings. The van der Waals surface area contributed by atoms with Crippen LogP contribution in [-0.4, -0.2) is 33.0 Å². The fraction of sp³-hybridized carbons (Fsp3) is 0.647. The summed E-state index contributed by atoms with van der Waals surface area (Å²) in [6.07, 6.45) is 1.10. The Balaban J connectivity index is 3.06. The maximum Gasteiger partial charge on any atom is 0.161 e. The number of benzene rings is 1. The van der Waals surface area contributed by atoms with E-state index in [0.717, 1.165) is 23.5 Å². The minimum atomic E-state index is 0.143. The number of likely N-dealkylation sites (N-methyl/N-ethyl adjacent to an activating group) is 1. The third-order valence-electron chi connectivity index (χ3n) is 3.39. The van der Waals surface area contributed by atoms with Crippen molar-refractivity contribution < 1.29 is 14.2 Å². The summed E-state index contributed by atoms with van der Waals surface area (Å²) in [7, 11) is 1.96. The summed E-state index contributed by atoms with van der Waals surface area (Å²) in [4.78, 5) is 0. The smallest absolute Gasteiger partial charge is 0.161 e. The van der Waals surface area contributed by atoms with Gasteiger partial charge in [-0.25, -0.2) is 0 Å². The summed E-state index contributed by atoms with van der Waals surface area (Å²) in [5, 5.41) is 3.35. The van der Waals surface area contributed by atoms with E-state index in [1.165, 1.54) is 0 Å². The van der Waals surface area contributed by atoms with Crippen LogP contribution in [0.5, 0.6) is 11.5 Å². The summed E-state index contributed by atoms with van der Waals surface area (Å²) in [6, 6.07) is 6.26. The SMILES string of the molecule is CCOc1ccc(C(NC)C(CC)OCC)cc1OCC. The molecule has 1 rings (SSSR count). The molecule has 21 heavy (non-hydrogen) atoms. The molecule has 0 heterocycles. The molecule has 1 aromatic rings. The Kier molecular flexibility index (Phi) is 8.16. The Labute approximate surface area is 128 Å². The number of nitrogens with one attached hydrogen (secondary N) is 1. The molecule has 1 N–H and O–H groups in total. The van der Waals surface area contributed by atoms with Crippen LogP contribution in [0.1, 0.15) is 45.7 Å². The maximum absolute atomic E-state index is 5.84. The van der Waals surface area contributed by atoms with E-state index >= 15 is 0 Å². The first-order valence-electron chi connectivity index (χ1n) is 7.90. The van der Waals surface area contributed by atoms with Gasteiger partial charge in [0.25, 0.3) is 0 Å². The van der Waals surface area contributed by atoms with Crippen LogP contribution in [0.2, 0.25) is 0 Å². The molecule has 0 aliphatic heterocycles. The van der Waals surface area contributed by atoms with Crippen molar-refractivity contribution in [2.75, 3.05) is 26.9 Å². The van der Waals surface area contributed by atoms with Gasteiger partial charge < -0.3 is 19.5 Å². The fourth-order valence-electron chi connectivity index (χ4n) is 2.49. The first-order valence-corrected chi connectivity index (χ1v) is 7.90. The van der Waals surface area contributed by atoms with E-state index in [0.29, 0.717) is 19.8 Å². The second-order valence-corrected chi connectivity index (χ2v) is 4.74. The lowest BCUT2D eigenvalue weighted by molar-refractivity contribution is 0.0333. The lowest BCUT2D eigenvalue weighted by atomic mass is 9.99. The summed E-state index contributed by atoms with van der Waals surface area (Å²) < 4.78 is 17.2. The Morgan fingerprint density at radius 3 is 2.14 bits per heavy atom. The van der Waals surface area contributed by atoms with E-state index < -0.39 is 0 Å². The highest BCUT2D eigenvalue weighted by Gasteiger charge is 2.22. The van der Waals surface area contributed by atoms with Crippen molar-refractivity contribution in [3.05, 3.63) is 23.8 Å². The largest absolute Gasteiger partial charge is 0.490 e. The predicted octanol–water partition coefficient (Wildman–Crippen LogP) is 3.56. The average Bonchev–Trinajstić information content (AvgIpc) is 2.50. The quantitative estimate of drug-likeness (QED) is 0.716. The molecule has 0 aliphatic rings. The van der Waals surface area contributed by atoms with Crippen LogP contribution in [0.3, 0.4) is 0 Å². The molecule has 2 unspecified atom stereocenters. The molecule has 0 saturated heterocycles. The Hall–Kier alpha value is -1.26. The minimum absolute atomic E-state index is 0.143. The minimum Gasteiger partial charge on any atom is -0.490 e. The summed E-state index contributed by atoms with van der Waals surface area (Å²) >= 11 is 0. The molecular formula is C17H29NO3. The molecule has 4 heteroatoms. The first-order chi connectivity index (χ1) is 10.2. The zero-order valence-corrected chi connectivity index (χ0v) is 13.9. The number of hydrogen-bond acceptors (Lipinski definition) is 4. The van der Waals surface area contributed by atoms with Crippen LogP contribution in [0.15, 0.2) is 18.2 Å². The molecule has 1 aromatic carbocycles. The summed E-state index contributed by atoms with van der Waals surface area (Å²) in [5.41, 5.74) is 1.16. The van der Waals surface area contributed by atoms with Gasteiger partial charge in [0.15, 0.2) is 11.5 Å². The lowest BCUT2D eigenvalue weighted by Crippen LogP contribution is -2.31. The van der Waals surface area contributed by atoms with Crippen molar-refractivity contribution in [1.29, 1.82) is 0 Å². The van der Waals surface area contributed by atoms with Crippen LogP contribution in [0, 0.1) is 0 Å². The number of rotatable bonds is 10. The number of ether oxygens (including phenoxy) is 3. The molecule has 0 radical (unpaired) electrons. The molecule has 0 spiro atoms. The summed E-state index contributed by atoms with van der Waals surface area (Å²) in [6.45, 7) is 10.1. The molecule has 2 atom stereocenters. The van der Waals surface area contributed by atoms with Gasteiger partial charge in [-0.15, -0.1) is 0 Å². The highest BCUT2D eigenvalue weighted by atomic mass is 16.5. The molecule has 4 nitrogen and oxygen atoms in total. The van der Waals surface area contributed by atoms with E-state index in [1.807, 2.05) is 33.9 Å². The predicted molar refractivity (Wildman–Crippen MR) is 86.3 cm³/mol. The third kappa shape index (κ3) is 4.90. The molecule has 120 valence electrons. The van der Waals surface area contributed by atoms with E-state index in [9.17, 15) is 0 Å². The van der Waals surface area contributed by atoms with E-state index in [2.05, 4.69) is 24.4 Å². The molecular weight excluding hydrogens is 266 g/mol. The van der Waals surface area contributed by atoms with Crippen molar-refractivity contribution >= 4 is 0 Å². The van der Waals surface area contributed by atoms with Gasteiger partial charge in [0.1, 0.15) is 0 Å². The van der Waals surface area contributed by atoms with E-state index in [1.54, 1.807) is 0 Å². The molecule has 0 amide bonds. The topological polar surface area (TPSA) is 39.7 Å². The number of hydrogen-bond donors (Lipinski definition) is 1. The van der Waals surface area contributed by atoms with Gasteiger partial charge in [-0.3, -0.25) is 0 Å². The van der Waals surface area contributed by atoms with Gasteiger partial charge in [-0.1, -0.05) is 13.0 Å². The average molecular weight is 295 g/mol. The van der Waals surface area contributed by atoms with Crippen LogP contribution in [-0.2, 0) is 4.74 Å². The van der Waals surface area contributed by atoms with Crippen molar-refractivity contribution in [3.8, 4) is 11.5 Å². The van der Waals surface area contributed by atoms with Crippen LogP contribution in [0.25, 0.3) is 0 Å². The van der Waals surface area contributed by atoms with E-state index in [4.69, 9.17) is 14.2 Å². The third-order valence-corrected chi connectivity index (χ3v) is 3.39. The first kappa shape index (κ1) is 17.8. The monoisotopic (exact) mass is 295 g/mol. The van der Waals surface area contributed by atoms with Gasteiger partial charge in [0.2, 0.25) is 0 Å². The molecule has 0 bridgehead atoms. The fourth-order valence-corrected chi connectivity index (χ4v) is 2.49. The highest BCUT2D eigenvalue weighted by molar-refractivity contribution is 5.44. The van der Waals surface area contributed by atoms with Crippen molar-refractivity contribution in [1.82, 2.24) is 5.32 Å². The van der Waals surface area contributed by atoms with Crippen molar-refractivity contribution in [2.24, 2.45) is 0 Å². The van der Waals surface area contributed by atoms with Gasteiger partial charge in [0, 0.05) is 6.61 Å². The second-order valence-electron chi connectivity index (χ2n) is 4.74. The normalized spacial score (nSPS) is 13.8. The van der Waals surface area contributed by atoms with Crippen LogP contribution >= 0.6 is 0 Å². The Bertz CT molecular complexity index is 409. The van der Waals surface area contributed by atoms with Gasteiger partial charge in [-0.05, 0) is 51.9 Å².